The SMILES string of the molecule is CCC1CCCCN1C(O[PH](=O)O)O[PH](=O)O. The van der Waals surface area contributed by atoms with Crippen molar-refractivity contribution >= 4 is 16.5 Å². The van der Waals surface area contributed by atoms with E-state index in [1.807, 2.05) is 6.92 Å². The molecule has 0 aromatic rings. The van der Waals surface area contributed by atoms with Gasteiger partial charge in [0.25, 0.3) is 0 Å². The van der Waals surface area contributed by atoms with E-state index in [-0.39, 0.29) is 6.04 Å². The van der Waals surface area contributed by atoms with Crippen LogP contribution in [0.3, 0.4) is 0 Å². The molecule has 7 nitrogen and oxygen atoms in total. The fraction of sp³-hybridized carbons (Fsp3) is 1.00. The van der Waals surface area contributed by atoms with Crippen LogP contribution in [0.5, 0.6) is 0 Å². The van der Waals surface area contributed by atoms with Crippen molar-refractivity contribution in [1.29, 1.82) is 0 Å². The summed E-state index contributed by atoms with van der Waals surface area (Å²) >= 11 is 0. The summed E-state index contributed by atoms with van der Waals surface area (Å²) in [5, 5.41) is 0. The molecule has 9 heteroatoms. The van der Waals surface area contributed by atoms with E-state index >= 15 is 0 Å². The van der Waals surface area contributed by atoms with Gasteiger partial charge in [0.15, 0.2) is 0 Å². The zero-order valence-corrected chi connectivity index (χ0v) is 11.7. The molecule has 3 unspecified atom stereocenters. The molecule has 1 saturated heterocycles. The molecule has 0 aromatic heterocycles. The number of likely N-dealkylation sites (tertiary alicyclic amines) is 1. The summed E-state index contributed by atoms with van der Waals surface area (Å²) in [5.74, 6) is 0. The molecule has 1 aliphatic heterocycles. The van der Waals surface area contributed by atoms with Gasteiger partial charge in [0.2, 0.25) is 6.41 Å². The smallest absolute Gasteiger partial charge is 0.319 e. The second kappa shape index (κ2) is 7.64. The molecule has 1 heterocycles. The highest BCUT2D eigenvalue weighted by molar-refractivity contribution is 7.32. The summed E-state index contributed by atoms with van der Waals surface area (Å²) in [7, 11) is -6.42. The van der Waals surface area contributed by atoms with Gasteiger partial charge in [0, 0.05) is 12.6 Å². The maximum Gasteiger partial charge on any atom is 0.319 e. The van der Waals surface area contributed by atoms with Crippen LogP contribution in [-0.4, -0.2) is 33.7 Å². The molecule has 1 aliphatic rings. The van der Waals surface area contributed by atoms with Gasteiger partial charge in [0.05, 0.1) is 0 Å². The van der Waals surface area contributed by atoms with Gasteiger partial charge in [-0.2, -0.15) is 0 Å². The molecule has 102 valence electrons. The highest BCUT2D eigenvalue weighted by atomic mass is 31.1. The van der Waals surface area contributed by atoms with Crippen molar-refractivity contribution in [3.63, 3.8) is 0 Å². The van der Waals surface area contributed by atoms with Crippen molar-refractivity contribution < 1.29 is 28.0 Å². The van der Waals surface area contributed by atoms with E-state index in [4.69, 9.17) is 18.8 Å². The van der Waals surface area contributed by atoms with Crippen LogP contribution in [0.25, 0.3) is 0 Å². The van der Waals surface area contributed by atoms with Crippen molar-refractivity contribution in [1.82, 2.24) is 4.90 Å². The van der Waals surface area contributed by atoms with E-state index in [1.54, 1.807) is 4.90 Å². The zero-order chi connectivity index (χ0) is 12.8. The first-order valence-electron chi connectivity index (χ1n) is 5.59. The third kappa shape index (κ3) is 5.18. The molecular weight excluding hydrogens is 268 g/mol. The Morgan fingerprint density at radius 2 is 1.88 bits per heavy atom. The summed E-state index contributed by atoms with van der Waals surface area (Å²) in [4.78, 5) is 19.3. The van der Waals surface area contributed by atoms with Crippen LogP contribution >= 0.6 is 16.5 Å². The minimum absolute atomic E-state index is 0.149. The lowest BCUT2D eigenvalue weighted by atomic mass is 10.0. The molecule has 0 spiro atoms. The third-order valence-electron chi connectivity index (χ3n) is 2.82. The molecular formula is C8H19NO6P2. The monoisotopic (exact) mass is 287 g/mol. The number of piperidine rings is 1. The largest absolute Gasteiger partial charge is 0.326 e. The van der Waals surface area contributed by atoms with Crippen molar-refractivity contribution in [2.75, 3.05) is 6.54 Å². The highest BCUT2D eigenvalue weighted by Crippen LogP contribution is 2.32. The van der Waals surface area contributed by atoms with Crippen molar-refractivity contribution in [2.45, 2.75) is 45.1 Å². The molecule has 3 atom stereocenters. The van der Waals surface area contributed by atoms with E-state index in [9.17, 15) is 9.13 Å². The van der Waals surface area contributed by atoms with Gasteiger partial charge >= 0.3 is 16.5 Å². The Kier molecular flexibility index (Phi) is 6.89. The molecule has 1 fully saturated rings. The topological polar surface area (TPSA) is 96.3 Å². The van der Waals surface area contributed by atoms with Crippen LogP contribution in [0.4, 0.5) is 0 Å². The summed E-state index contributed by atoms with van der Waals surface area (Å²) in [6.45, 7) is 2.62. The molecule has 0 amide bonds. The van der Waals surface area contributed by atoms with Gasteiger partial charge in [-0.3, -0.25) is 23.1 Å². The van der Waals surface area contributed by atoms with Gasteiger partial charge in [-0.25, -0.2) is 0 Å². The molecule has 0 radical (unpaired) electrons. The Balaban J connectivity index is 2.71. The van der Waals surface area contributed by atoms with E-state index in [1.165, 1.54) is 0 Å². The van der Waals surface area contributed by atoms with Crippen molar-refractivity contribution in [2.24, 2.45) is 0 Å². The number of nitrogens with zero attached hydrogens (tertiary/aromatic N) is 1. The van der Waals surface area contributed by atoms with Gasteiger partial charge in [-0.15, -0.1) is 0 Å². The lowest BCUT2D eigenvalue weighted by Crippen LogP contribution is -2.47. The first-order chi connectivity index (χ1) is 8.04. The molecule has 0 saturated carbocycles. The van der Waals surface area contributed by atoms with Gasteiger partial charge in [-0.05, 0) is 19.3 Å². The second-order valence-electron chi connectivity index (χ2n) is 3.87. The normalized spacial score (nSPS) is 27.6. The summed E-state index contributed by atoms with van der Waals surface area (Å²) in [5.41, 5.74) is 0. The summed E-state index contributed by atoms with van der Waals surface area (Å²) < 4.78 is 30.8. The fourth-order valence-corrected chi connectivity index (χ4v) is 2.88. The van der Waals surface area contributed by atoms with Gasteiger partial charge < -0.3 is 9.79 Å². The molecule has 0 aromatic carbocycles. The Bertz CT molecular complexity index is 273. The minimum Gasteiger partial charge on any atom is -0.326 e. The third-order valence-corrected chi connectivity index (χ3v) is 3.62. The summed E-state index contributed by atoms with van der Waals surface area (Å²) in [6, 6.07) is 0.149. The maximum atomic E-state index is 10.7. The van der Waals surface area contributed by atoms with E-state index in [0.717, 1.165) is 25.7 Å². The molecule has 17 heavy (non-hydrogen) atoms. The standard InChI is InChI=1S/C8H19NO6P2/c1-2-7-5-3-4-6-9(7)8(14-16(10)11)15-17(12)13/h7-8,16-17H,2-6H2,1H3,(H,10,11)(H,12,13). The Morgan fingerprint density at radius 1 is 1.29 bits per heavy atom. The second-order valence-corrected chi connectivity index (χ2v) is 5.41. The van der Waals surface area contributed by atoms with Crippen LogP contribution in [-0.2, 0) is 18.2 Å². The number of hydrogen-bond acceptors (Lipinski definition) is 5. The number of rotatable bonds is 6. The lowest BCUT2D eigenvalue weighted by molar-refractivity contribution is -0.143. The van der Waals surface area contributed by atoms with Gasteiger partial charge in [0.1, 0.15) is 0 Å². The predicted octanol–water partition coefficient (Wildman–Crippen LogP) is 1.33. The summed E-state index contributed by atoms with van der Waals surface area (Å²) in [6.07, 6.45) is 2.55. The van der Waals surface area contributed by atoms with E-state index in [0.29, 0.717) is 6.54 Å². The molecule has 0 bridgehead atoms. The Hall–Kier alpha value is 0.260. The average molecular weight is 287 g/mol. The van der Waals surface area contributed by atoms with Crippen molar-refractivity contribution in [3.8, 4) is 0 Å². The molecule has 2 N–H and O–H groups in total. The minimum atomic E-state index is -3.21. The van der Waals surface area contributed by atoms with Crippen LogP contribution in [0.2, 0.25) is 0 Å². The first kappa shape index (κ1) is 15.3. The molecule has 0 aliphatic carbocycles. The average Bonchev–Trinajstić information content (AvgIpc) is 2.27. The quantitative estimate of drug-likeness (QED) is 0.562. The molecule has 1 rings (SSSR count). The van der Waals surface area contributed by atoms with E-state index in [2.05, 4.69) is 0 Å². The van der Waals surface area contributed by atoms with Crippen LogP contribution < -0.4 is 0 Å². The first-order valence-corrected chi connectivity index (χ1v) is 8.12. The maximum absolute atomic E-state index is 10.7. The van der Waals surface area contributed by atoms with Crippen LogP contribution in [0, 0.1) is 0 Å². The lowest BCUT2D eigenvalue weighted by Gasteiger charge is -2.38. The van der Waals surface area contributed by atoms with E-state index < -0.39 is 22.9 Å². The number of hydrogen-bond donors (Lipinski definition) is 2. The van der Waals surface area contributed by atoms with Crippen LogP contribution in [0.1, 0.15) is 32.6 Å². The van der Waals surface area contributed by atoms with Crippen molar-refractivity contribution in [3.05, 3.63) is 0 Å². The van der Waals surface area contributed by atoms with Gasteiger partial charge in [-0.1, -0.05) is 13.3 Å². The predicted molar refractivity (Wildman–Crippen MR) is 63.0 cm³/mol. The Morgan fingerprint density at radius 3 is 2.35 bits per heavy atom. The van der Waals surface area contributed by atoms with Crippen LogP contribution in [0.15, 0.2) is 0 Å². The Labute approximate surface area is 102 Å². The zero-order valence-electron chi connectivity index (χ0n) is 9.66. The highest BCUT2D eigenvalue weighted by Gasteiger charge is 2.31. The fourth-order valence-electron chi connectivity index (χ4n) is 2.07.